The Hall–Kier alpha value is -0.610. The molecule has 0 spiro atoms. The van der Waals surface area contributed by atoms with Crippen LogP contribution < -0.4 is 0 Å². The van der Waals surface area contributed by atoms with Crippen molar-refractivity contribution in [3.63, 3.8) is 0 Å². The van der Waals surface area contributed by atoms with Crippen LogP contribution in [0.1, 0.15) is 39.5 Å². The number of carbonyl (C=O) groups excluding carboxylic acids is 1. The molecule has 0 fully saturated rings. The molecule has 0 aliphatic heterocycles. The molecule has 0 heterocycles. The molecule has 0 N–H and O–H groups in total. The maximum Gasteiger partial charge on any atom is 0.395 e. The lowest BCUT2D eigenvalue weighted by Gasteiger charge is -2.27. The van der Waals surface area contributed by atoms with E-state index in [0.29, 0.717) is 19.8 Å². The normalized spacial score (nSPS) is 18.3. The minimum absolute atomic E-state index is 0.208. The van der Waals surface area contributed by atoms with Crippen molar-refractivity contribution in [2.24, 2.45) is 5.92 Å². The summed E-state index contributed by atoms with van der Waals surface area (Å²) in [4.78, 5) is 10.4. The average Bonchev–Trinajstić information content (AvgIpc) is 2.15. The topological polar surface area (TPSA) is 17.1 Å². The van der Waals surface area contributed by atoms with Gasteiger partial charge in [-0.25, -0.2) is 4.39 Å². The molecule has 90 valence electrons. The molecule has 2 atom stereocenters. The Kier molecular flexibility index (Phi) is 5.24. The number of hydrogen-bond donors (Lipinski definition) is 0. The zero-order valence-electron chi connectivity index (χ0n) is 8.90. The highest BCUT2D eigenvalue weighted by atomic mass is 19.4. The Labute approximate surface area is 86.8 Å². The Morgan fingerprint density at radius 3 is 2.07 bits per heavy atom. The molecule has 15 heavy (non-hydrogen) atoms. The average molecular weight is 228 g/mol. The van der Waals surface area contributed by atoms with Gasteiger partial charge < -0.3 is 0 Å². The number of aldehydes is 1. The van der Waals surface area contributed by atoms with Crippen molar-refractivity contribution in [2.45, 2.75) is 51.4 Å². The van der Waals surface area contributed by atoms with E-state index < -0.39 is 17.8 Å². The van der Waals surface area contributed by atoms with Crippen molar-refractivity contribution in [1.29, 1.82) is 0 Å². The number of rotatable bonds is 6. The van der Waals surface area contributed by atoms with Gasteiger partial charge in [0.05, 0.1) is 5.92 Å². The van der Waals surface area contributed by atoms with Gasteiger partial charge in [-0.05, 0) is 12.8 Å². The number of halogens is 4. The third-order valence-corrected chi connectivity index (χ3v) is 2.57. The Morgan fingerprint density at radius 2 is 1.73 bits per heavy atom. The lowest BCUT2D eigenvalue weighted by atomic mass is 9.86. The van der Waals surface area contributed by atoms with Crippen molar-refractivity contribution < 1.29 is 22.4 Å². The fourth-order valence-corrected chi connectivity index (χ4v) is 1.30. The van der Waals surface area contributed by atoms with Gasteiger partial charge in [0.15, 0.2) is 12.0 Å². The van der Waals surface area contributed by atoms with Crippen molar-refractivity contribution >= 4 is 6.29 Å². The summed E-state index contributed by atoms with van der Waals surface area (Å²) in [6.45, 7) is 2.56. The van der Waals surface area contributed by atoms with Gasteiger partial charge in [-0.1, -0.05) is 26.7 Å². The van der Waals surface area contributed by atoms with Crippen LogP contribution in [-0.4, -0.2) is 18.1 Å². The van der Waals surface area contributed by atoms with Crippen LogP contribution in [-0.2, 0) is 4.79 Å². The van der Waals surface area contributed by atoms with Crippen molar-refractivity contribution in [2.75, 3.05) is 0 Å². The van der Waals surface area contributed by atoms with Crippen LogP contribution in [0, 0.1) is 5.92 Å². The van der Waals surface area contributed by atoms with Gasteiger partial charge in [0.2, 0.25) is 0 Å². The summed E-state index contributed by atoms with van der Waals surface area (Å²) in [6.07, 6.45) is -3.53. The van der Waals surface area contributed by atoms with Gasteiger partial charge in [0, 0.05) is 0 Å². The van der Waals surface area contributed by atoms with E-state index in [1.807, 2.05) is 6.92 Å². The first-order chi connectivity index (χ1) is 6.78. The van der Waals surface area contributed by atoms with Crippen LogP contribution in [0.5, 0.6) is 0 Å². The number of alkyl halides is 4. The third-order valence-electron chi connectivity index (χ3n) is 2.57. The lowest BCUT2D eigenvalue weighted by molar-refractivity contribution is -0.203. The smallest absolute Gasteiger partial charge is 0.300 e. The summed E-state index contributed by atoms with van der Waals surface area (Å²) >= 11 is 0. The molecule has 1 nitrogen and oxygen atoms in total. The molecule has 0 aromatic rings. The molecule has 0 amide bonds. The Balaban J connectivity index is 4.48. The van der Waals surface area contributed by atoms with E-state index in [-0.39, 0.29) is 12.7 Å². The van der Waals surface area contributed by atoms with Gasteiger partial charge in [0.1, 0.15) is 0 Å². The van der Waals surface area contributed by atoms with E-state index in [4.69, 9.17) is 0 Å². The highest BCUT2D eigenvalue weighted by Crippen LogP contribution is 2.38. The van der Waals surface area contributed by atoms with Crippen molar-refractivity contribution in [1.82, 2.24) is 0 Å². The molecule has 5 heteroatoms. The van der Waals surface area contributed by atoms with Crippen LogP contribution in [0.25, 0.3) is 0 Å². The second-order valence-corrected chi connectivity index (χ2v) is 3.77. The number of hydrogen-bond acceptors (Lipinski definition) is 1. The molecule has 2 unspecified atom stereocenters. The second-order valence-electron chi connectivity index (χ2n) is 3.77. The van der Waals surface area contributed by atoms with Gasteiger partial charge in [-0.2, -0.15) is 13.2 Å². The second kappa shape index (κ2) is 5.47. The monoisotopic (exact) mass is 228 g/mol. The van der Waals surface area contributed by atoms with E-state index in [0.717, 1.165) is 6.42 Å². The molecular formula is C10H16F4O. The predicted octanol–water partition coefficient (Wildman–Crippen LogP) is 3.67. The van der Waals surface area contributed by atoms with Gasteiger partial charge in [0.25, 0.3) is 0 Å². The molecule has 0 rings (SSSR count). The third kappa shape index (κ3) is 4.18. The fourth-order valence-electron chi connectivity index (χ4n) is 1.30. The molecule has 0 aliphatic rings. The van der Waals surface area contributed by atoms with Gasteiger partial charge in [-0.15, -0.1) is 0 Å². The van der Waals surface area contributed by atoms with Gasteiger partial charge in [-0.3, -0.25) is 4.79 Å². The van der Waals surface area contributed by atoms with E-state index in [2.05, 4.69) is 0 Å². The highest BCUT2D eigenvalue weighted by molar-refractivity contribution is 5.63. The fraction of sp³-hybridized carbons (Fsp3) is 0.900. The molecule has 0 aliphatic carbocycles. The quantitative estimate of drug-likeness (QED) is 0.385. The summed E-state index contributed by atoms with van der Waals surface area (Å²) in [5.41, 5.74) is -2.77. The van der Waals surface area contributed by atoms with Crippen LogP contribution in [0.2, 0.25) is 0 Å². The first-order valence-electron chi connectivity index (χ1n) is 5.00. The molecular weight excluding hydrogens is 212 g/mol. The maximum absolute atomic E-state index is 13.6. The van der Waals surface area contributed by atoms with Crippen LogP contribution >= 0.6 is 0 Å². The minimum Gasteiger partial charge on any atom is -0.300 e. The van der Waals surface area contributed by atoms with Crippen molar-refractivity contribution in [3.8, 4) is 0 Å². The van der Waals surface area contributed by atoms with Crippen LogP contribution in [0.4, 0.5) is 17.6 Å². The van der Waals surface area contributed by atoms with Crippen molar-refractivity contribution in [3.05, 3.63) is 0 Å². The summed E-state index contributed by atoms with van der Waals surface area (Å²) in [5, 5.41) is 0. The zero-order chi connectivity index (χ0) is 12.1. The Morgan fingerprint density at radius 1 is 1.20 bits per heavy atom. The maximum atomic E-state index is 13.6. The molecule has 0 radical (unpaired) electrons. The van der Waals surface area contributed by atoms with Gasteiger partial charge >= 0.3 is 6.18 Å². The molecule has 0 bridgehead atoms. The highest BCUT2D eigenvalue weighted by Gasteiger charge is 2.51. The standard InChI is InChI=1S/C10H16F4O/c1-3-4-5-6-9(11,7-15)8(2)10(12,13)14/h7-8H,3-6H2,1-2H3. The van der Waals surface area contributed by atoms with E-state index in [1.54, 1.807) is 0 Å². The molecule has 0 aromatic heterocycles. The SMILES string of the molecule is CCCCCC(F)(C=O)C(C)C(F)(F)F. The zero-order valence-corrected chi connectivity index (χ0v) is 8.90. The molecule has 0 aromatic carbocycles. The van der Waals surface area contributed by atoms with E-state index in [9.17, 15) is 22.4 Å². The predicted molar refractivity (Wildman–Crippen MR) is 49.3 cm³/mol. The first kappa shape index (κ1) is 14.4. The minimum atomic E-state index is -4.66. The molecule has 0 saturated heterocycles. The summed E-state index contributed by atoms with van der Waals surface area (Å²) in [5.74, 6) is -2.24. The number of unbranched alkanes of at least 4 members (excludes halogenated alkanes) is 2. The largest absolute Gasteiger partial charge is 0.395 e. The summed E-state index contributed by atoms with van der Waals surface area (Å²) in [7, 11) is 0. The number of carbonyl (C=O) groups is 1. The lowest BCUT2D eigenvalue weighted by Crippen LogP contribution is -2.42. The van der Waals surface area contributed by atoms with E-state index in [1.165, 1.54) is 0 Å². The molecule has 0 saturated carbocycles. The van der Waals surface area contributed by atoms with E-state index >= 15 is 0 Å². The summed E-state index contributed by atoms with van der Waals surface area (Å²) in [6, 6.07) is 0. The van der Waals surface area contributed by atoms with Crippen LogP contribution in [0.3, 0.4) is 0 Å². The first-order valence-corrected chi connectivity index (χ1v) is 5.00. The summed E-state index contributed by atoms with van der Waals surface area (Å²) < 4.78 is 50.4. The Bertz CT molecular complexity index is 202. The van der Waals surface area contributed by atoms with Crippen LogP contribution in [0.15, 0.2) is 0 Å².